The molecule has 0 aliphatic carbocycles. The minimum atomic E-state index is 0.0303. The molecular weight excluding hydrogens is 228 g/mol. The quantitative estimate of drug-likeness (QED) is 0.793. The SMILES string of the molecule is O=c1c2ccccc2ncn1CCCCCCO. The number of aliphatic hydroxyl groups excluding tert-OH is 1. The number of rotatable bonds is 6. The van der Waals surface area contributed by atoms with Crippen molar-refractivity contribution in [2.75, 3.05) is 6.61 Å². The second-order valence-corrected chi connectivity index (χ2v) is 4.40. The number of aliphatic hydroxyl groups is 1. The van der Waals surface area contributed by atoms with Crippen molar-refractivity contribution in [2.24, 2.45) is 0 Å². The highest BCUT2D eigenvalue weighted by atomic mass is 16.2. The van der Waals surface area contributed by atoms with Crippen LogP contribution in [0.2, 0.25) is 0 Å². The lowest BCUT2D eigenvalue weighted by Crippen LogP contribution is -2.20. The number of hydrogen-bond acceptors (Lipinski definition) is 3. The molecule has 4 heteroatoms. The maximum absolute atomic E-state index is 12.1. The molecule has 96 valence electrons. The van der Waals surface area contributed by atoms with E-state index < -0.39 is 0 Å². The monoisotopic (exact) mass is 246 g/mol. The van der Waals surface area contributed by atoms with Crippen LogP contribution in [0.15, 0.2) is 35.4 Å². The predicted octanol–water partition coefficient (Wildman–Crippen LogP) is 1.95. The second-order valence-electron chi connectivity index (χ2n) is 4.40. The van der Waals surface area contributed by atoms with Gasteiger partial charge in [-0.2, -0.15) is 0 Å². The average molecular weight is 246 g/mol. The van der Waals surface area contributed by atoms with Crippen LogP contribution in [0.25, 0.3) is 10.9 Å². The molecule has 0 bridgehead atoms. The van der Waals surface area contributed by atoms with Gasteiger partial charge in [0.15, 0.2) is 0 Å². The highest BCUT2D eigenvalue weighted by Gasteiger charge is 2.02. The zero-order chi connectivity index (χ0) is 12.8. The summed E-state index contributed by atoms with van der Waals surface area (Å²) in [4.78, 5) is 16.4. The Labute approximate surface area is 106 Å². The third-order valence-corrected chi connectivity index (χ3v) is 3.04. The zero-order valence-corrected chi connectivity index (χ0v) is 10.4. The van der Waals surface area contributed by atoms with Gasteiger partial charge < -0.3 is 5.11 Å². The molecule has 1 aromatic carbocycles. The van der Waals surface area contributed by atoms with Crippen LogP contribution in [-0.2, 0) is 6.54 Å². The zero-order valence-electron chi connectivity index (χ0n) is 10.4. The van der Waals surface area contributed by atoms with Crippen LogP contribution in [-0.4, -0.2) is 21.3 Å². The molecule has 0 aliphatic heterocycles. The Hall–Kier alpha value is -1.68. The van der Waals surface area contributed by atoms with E-state index in [1.165, 1.54) is 0 Å². The fourth-order valence-corrected chi connectivity index (χ4v) is 2.01. The van der Waals surface area contributed by atoms with E-state index in [0.29, 0.717) is 11.9 Å². The van der Waals surface area contributed by atoms with Crippen molar-refractivity contribution in [3.8, 4) is 0 Å². The molecule has 2 rings (SSSR count). The summed E-state index contributed by atoms with van der Waals surface area (Å²) in [6, 6.07) is 7.40. The van der Waals surface area contributed by atoms with Crippen LogP contribution in [0, 0.1) is 0 Å². The molecule has 18 heavy (non-hydrogen) atoms. The molecule has 2 aromatic rings. The van der Waals surface area contributed by atoms with Gasteiger partial charge in [-0.15, -0.1) is 0 Å². The standard InChI is InChI=1S/C14H18N2O2/c17-10-6-2-1-5-9-16-11-15-13-8-4-3-7-12(13)14(16)18/h3-4,7-8,11,17H,1-2,5-6,9-10H2. The minimum absolute atomic E-state index is 0.0303. The van der Waals surface area contributed by atoms with E-state index in [0.717, 1.165) is 31.2 Å². The summed E-state index contributed by atoms with van der Waals surface area (Å²) in [6.07, 6.45) is 5.44. The van der Waals surface area contributed by atoms with Gasteiger partial charge in [0.2, 0.25) is 0 Å². The van der Waals surface area contributed by atoms with Crippen molar-refractivity contribution in [3.63, 3.8) is 0 Å². The van der Waals surface area contributed by atoms with Gasteiger partial charge in [-0.3, -0.25) is 9.36 Å². The average Bonchev–Trinajstić information content (AvgIpc) is 2.41. The Morgan fingerprint density at radius 2 is 1.89 bits per heavy atom. The summed E-state index contributed by atoms with van der Waals surface area (Å²) in [7, 11) is 0. The molecule has 0 fully saturated rings. The van der Waals surface area contributed by atoms with E-state index in [4.69, 9.17) is 5.11 Å². The maximum atomic E-state index is 12.1. The molecular formula is C14H18N2O2. The third-order valence-electron chi connectivity index (χ3n) is 3.04. The number of hydrogen-bond donors (Lipinski definition) is 1. The normalized spacial score (nSPS) is 10.9. The first-order valence-corrected chi connectivity index (χ1v) is 6.38. The molecule has 1 heterocycles. The Balaban J connectivity index is 2.05. The molecule has 0 unspecified atom stereocenters. The van der Waals surface area contributed by atoms with E-state index in [1.807, 2.05) is 24.3 Å². The van der Waals surface area contributed by atoms with Gasteiger partial charge in [0.05, 0.1) is 17.2 Å². The molecule has 0 spiro atoms. The summed E-state index contributed by atoms with van der Waals surface area (Å²) >= 11 is 0. The predicted molar refractivity (Wildman–Crippen MR) is 71.6 cm³/mol. The lowest BCUT2D eigenvalue weighted by atomic mass is 10.2. The summed E-state index contributed by atoms with van der Waals surface area (Å²) in [5.41, 5.74) is 0.779. The number of fused-ring (bicyclic) bond motifs is 1. The number of aromatic nitrogens is 2. The van der Waals surface area contributed by atoms with Crippen molar-refractivity contribution in [3.05, 3.63) is 40.9 Å². The largest absolute Gasteiger partial charge is 0.396 e. The molecule has 0 aliphatic rings. The van der Waals surface area contributed by atoms with E-state index in [1.54, 1.807) is 10.9 Å². The van der Waals surface area contributed by atoms with Crippen LogP contribution < -0.4 is 5.56 Å². The van der Waals surface area contributed by atoms with Crippen LogP contribution in [0.1, 0.15) is 25.7 Å². The number of para-hydroxylation sites is 1. The molecule has 1 aromatic heterocycles. The summed E-state index contributed by atoms with van der Waals surface area (Å²) in [6.45, 7) is 0.944. The maximum Gasteiger partial charge on any atom is 0.261 e. The number of nitrogens with zero attached hydrogens (tertiary/aromatic N) is 2. The lowest BCUT2D eigenvalue weighted by molar-refractivity contribution is 0.282. The lowest BCUT2D eigenvalue weighted by Gasteiger charge is -2.06. The van der Waals surface area contributed by atoms with Crippen LogP contribution >= 0.6 is 0 Å². The Kier molecular flexibility index (Phi) is 4.47. The third kappa shape index (κ3) is 2.96. The molecule has 0 amide bonds. The smallest absolute Gasteiger partial charge is 0.261 e. The summed E-state index contributed by atoms with van der Waals surface area (Å²) < 4.78 is 1.67. The van der Waals surface area contributed by atoms with Gasteiger partial charge in [0.1, 0.15) is 0 Å². The van der Waals surface area contributed by atoms with Gasteiger partial charge in [0, 0.05) is 13.2 Å². The molecule has 1 N–H and O–H groups in total. The minimum Gasteiger partial charge on any atom is -0.396 e. The number of aryl methyl sites for hydroxylation is 1. The van der Waals surface area contributed by atoms with E-state index in [2.05, 4.69) is 4.98 Å². The Morgan fingerprint density at radius 1 is 1.11 bits per heavy atom. The van der Waals surface area contributed by atoms with Crippen LogP contribution in [0.3, 0.4) is 0 Å². The first kappa shape index (κ1) is 12.8. The van der Waals surface area contributed by atoms with Crippen LogP contribution in [0.4, 0.5) is 0 Å². The summed E-state index contributed by atoms with van der Waals surface area (Å²) in [5, 5.41) is 9.36. The van der Waals surface area contributed by atoms with Gasteiger partial charge in [-0.05, 0) is 25.0 Å². The molecule has 0 radical (unpaired) electrons. The number of benzene rings is 1. The van der Waals surface area contributed by atoms with E-state index >= 15 is 0 Å². The van der Waals surface area contributed by atoms with Crippen molar-refractivity contribution in [1.82, 2.24) is 9.55 Å². The fourth-order valence-electron chi connectivity index (χ4n) is 2.01. The van der Waals surface area contributed by atoms with Gasteiger partial charge in [0.25, 0.3) is 5.56 Å². The Bertz CT molecular complexity index is 563. The second kappa shape index (κ2) is 6.31. The highest BCUT2D eigenvalue weighted by molar-refractivity contribution is 5.76. The molecule has 0 atom stereocenters. The van der Waals surface area contributed by atoms with Gasteiger partial charge in [-0.25, -0.2) is 4.98 Å². The van der Waals surface area contributed by atoms with Crippen LogP contribution in [0.5, 0.6) is 0 Å². The van der Waals surface area contributed by atoms with Crippen molar-refractivity contribution < 1.29 is 5.11 Å². The molecule has 0 saturated carbocycles. The topological polar surface area (TPSA) is 55.1 Å². The highest BCUT2D eigenvalue weighted by Crippen LogP contribution is 2.06. The Morgan fingerprint density at radius 3 is 2.72 bits per heavy atom. The van der Waals surface area contributed by atoms with E-state index in [9.17, 15) is 4.79 Å². The van der Waals surface area contributed by atoms with Crippen molar-refractivity contribution >= 4 is 10.9 Å². The van der Waals surface area contributed by atoms with Gasteiger partial charge in [-0.1, -0.05) is 25.0 Å². The molecule has 0 saturated heterocycles. The molecule has 4 nitrogen and oxygen atoms in total. The number of unbranched alkanes of at least 4 members (excludes halogenated alkanes) is 3. The summed E-state index contributed by atoms with van der Waals surface area (Å²) in [5.74, 6) is 0. The first-order chi connectivity index (χ1) is 8.83. The fraction of sp³-hybridized carbons (Fsp3) is 0.429. The van der Waals surface area contributed by atoms with Crippen molar-refractivity contribution in [2.45, 2.75) is 32.2 Å². The van der Waals surface area contributed by atoms with Crippen molar-refractivity contribution in [1.29, 1.82) is 0 Å². The first-order valence-electron chi connectivity index (χ1n) is 6.38. The van der Waals surface area contributed by atoms with Gasteiger partial charge >= 0.3 is 0 Å². The van der Waals surface area contributed by atoms with E-state index in [-0.39, 0.29) is 12.2 Å².